The van der Waals surface area contributed by atoms with Crippen molar-refractivity contribution in [3.05, 3.63) is 46.2 Å². The number of aromatic nitrogens is 2. The van der Waals surface area contributed by atoms with E-state index in [0.717, 1.165) is 40.6 Å². The lowest BCUT2D eigenvalue weighted by Gasteiger charge is -2.14. The molecule has 0 aliphatic heterocycles. The second kappa shape index (κ2) is 5.87. The Hall–Kier alpha value is -1.85. The van der Waals surface area contributed by atoms with Crippen molar-refractivity contribution in [2.24, 2.45) is 5.84 Å². The Labute approximate surface area is 128 Å². The number of anilines is 2. The largest absolute Gasteiger partial charge is 0.366 e. The average Bonchev–Trinajstić information content (AvgIpc) is 3.32. The Balaban J connectivity index is 1.84. The summed E-state index contributed by atoms with van der Waals surface area (Å²) in [6, 6.07) is 7.77. The molecule has 110 valence electrons. The van der Waals surface area contributed by atoms with Gasteiger partial charge < -0.3 is 10.7 Å². The number of hydrogen-bond donors (Lipinski definition) is 3. The Morgan fingerprint density at radius 3 is 2.62 bits per heavy atom. The van der Waals surface area contributed by atoms with Gasteiger partial charge in [0.15, 0.2) is 0 Å². The van der Waals surface area contributed by atoms with Gasteiger partial charge in [-0.05, 0) is 31.4 Å². The third kappa shape index (κ3) is 3.09. The van der Waals surface area contributed by atoms with Gasteiger partial charge in [-0.2, -0.15) is 0 Å². The molecule has 0 unspecified atom stereocenters. The number of nitrogens with zero attached hydrogens (tertiary/aromatic N) is 2. The van der Waals surface area contributed by atoms with E-state index in [1.165, 1.54) is 0 Å². The van der Waals surface area contributed by atoms with Gasteiger partial charge in [-0.1, -0.05) is 29.8 Å². The molecule has 6 heteroatoms. The lowest BCUT2D eigenvalue weighted by Crippen LogP contribution is -2.14. The number of benzene rings is 1. The van der Waals surface area contributed by atoms with E-state index in [0.29, 0.717) is 18.3 Å². The van der Waals surface area contributed by atoms with Crippen molar-refractivity contribution in [1.82, 2.24) is 9.97 Å². The molecule has 1 heterocycles. The predicted octanol–water partition coefficient (Wildman–Crippen LogP) is 3.21. The molecule has 0 bridgehead atoms. The maximum Gasteiger partial charge on any atom is 0.148 e. The van der Waals surface area contributed by atoms with Crippen LogP contribution in [0.5, 0.6) is 0 Å². The summed E-state index contributed by atoms with van der Waals surface area (Å²) in [5, 5.41) is 4.08. The molecule has 0 spiro atoms. The number of hydrazine groups is 1. The van der Waals surface area contributed by atoms with Gasteiger partial charge in [0, 0.05) is 23.0 Å². The minimum atomic E-state index is 0.471. The van der Waals surface area contributed by atoms with Gasteiger partial charge in [0.2, 0.25) is 0 Å². The molecule has 1 saturated carbocycles. The van der Waals surface area contributed by atoms with Crippen LogP contribution in [0.15, 0.2) is 24.3 Å². The van der Waals surface area contributed by atoms with Crippen LogP contribution in [0.4, 0.5) is 11.6 Å². The fourth-order valence-corrected chi connectivity index (χ4v) is 2.39. The summed E-state index contributed by atoms with van der Waals surface area (Å²) in [7, 11) is 0. The van der Waals surface area contributed by atoms with Crippen molar-refractivity contribution in [3.63, 3.8) is 0 Å². The summed E-state index contributed by atoms with van der Waals surface area (Å²) in [6.45, 7) is 2.56. The van der Waals surface area contributed by atoms with Gasteiger partial charge in [0.25, 0.3) is 0 Å². The van der Waals surface area contributed by atoms with Gasteiger partial charge >= 0.3 is 0 Å². The number of rotatable bonds is 5. The zero-order chi connectivity index (χ0) is 14.8. The fraction of sp³-hybridized carbons (Fsp3) is 0.333. The van der Waals surface area contributed by atoms with Crippen LogP contribution in [-0.2, 0) is 6.54 Å². The number of nitrogen functional groups attached to an aromatic ring is 1. The third-order valence-corrected chi connectivity index (χ3v) is 4.02. The van der Waals surface area contributed by atoms with E-state index >= 15 is 0 Å². The van der Waals surface area contributed by atoms with E-state index < -0.39 is 0 Å². The van der Waals surface area contributed by atoms with Crippen molar-refractivity contribution >= 4 is 23.2 Å². The molecule has 0 saturated heterocycles. The van der Waals surface area contributed by atoms with Gasteiger partial charge in [-0.25, -0.2) is 15.8 Å². The van der Waals surface area contributed by atoms with Crippen molar-refractivity contribution in [2.45, 2.75) is 32.2 Å². The molecule has 4 N–H and O–H groups in total. The normalized spacial score (nSPS) is 14.0. The molecule has 1 fully saturated rings. The molecule has 1 aromatic carbocycles. The monoisotopic (exact) mass is 303 g/mol. The van der Waals surface area contributed by atoms with Crippen LogP contribution >= 0.6 is 11.6 Å². The first-order valence-electron chi connectivity index (χ1n) is 7.01. The molecule has 0 amide bonds. The van der Waals surface area contributed by atoms with Crippen LogP contribution in [0.25, 0.3) is 0 Å². The van der Waals surface area contributed by atoms with Gasteiger partial charge in [-0.3, -0.25) is 0 Å². The number of nitrogens with two attached hydrogens (primary N) is 1. The van der Waals surface area contributed by atoms with Crippen LogP contribution < -0.4 is 16.6 Å². The van der Waals surface area contributed by atoms with Crippen molar-refractivity contribution in [2.75, 3.05) is 10.7 Å². The average molecular weight is 304 g/mol. The van der Waals surface area contributed by atoms with Gasteiger partial charge in [0.1, 0.15) is 17.5 Å². The van der Waals surface area contributed by atoms with Crippen LogP contribution in [-0.4, -0.2) is 9.97 Å². The highest BCUT2D eigenvalue weighted by molar-refractivity contribution is 6.31. The van der Waals surface area contributed by atoms with E-state index in [-0.39, 0.29) is 0 Å². The molecule has 21 heavy (non-hydrogen) atoms. The highest BCUT2D eigenvalue weighted by Gasteiger charge is 2.28. The quantitative estimate of drug-likeness (QED) is 0.584. The van der Waals surface area contributed by atoms with E-state index in [2.05, 4.69) is 20.7 Å². The minimum absolute atomic E-state index is 0.471. The molecule has 0 radical (unpaired) electrons. The molecular formula is C15H18ClN5. The summed E-state index contributed by atoms with van der Waals surface area (Å²) in [6.07, 6.45) is 2.30. The van der Waals surface area contributed by atoms with Crippen LogP contribution in [0.3, 0.4) is 0 Å². The smallest absolute Gasteiger partial charge is 0.148 e. The summed E-state index contributed by atoms with van der Waals surface area (Å²) in [5.41, 5.74) is 4.60. The van der Waals surface area contributed by atoms with E-state index in [9.17, 15) is 0 Å². The second-order valence-electron chi connectivity index (χ2n) is 5.27. The third-order valence-electron chi connectivity index (χ3n) is 3.65. The number of halogens is 1. The molecule has 2 aromatic rings. The van der Waals surface area contributed by atoms with Gasteiger partial charge in [-0.15, -0.1) is 0 Å². The molecule has 1 aliphatic rings. The summed E-state index contributed by atoms with van der Waals surface area (Å²) >= 11 is 6.18. The van der Waals surface area contributed by atoms with Crippen molar-refractivity contribution in [1.29, 1.82) is 0 Å². The first kappa shape index (κ1) is 14.1. The maximum atomic E-state index is 6.18. The highest BCUT2D eigenvalue weighted by Crippen LogP contribution is 2.39. The Bertz CT molecular complexity index is 655. The Morgan fingerprint density at radius 2 is 1.95 bits per heavy atom. The van der Waals surface area contributed by atoms with Crippen molar-refractivity contribution < 1.29 is 0 Å². The van der Waals surface area contributed by atoms with E-state index in [4.69, 9.17) is 17.4 Å². The molecule has 3 rings (SSSR count). The molecule has 1 aromatic heterocycles. The minimum Gasteiger partial charge on any atom is -0.366 e. The fourth-order valence-electron chi connectivity index (χ4n) is 2.19. The topological polar surface area (TPSA) is 75.9 Å². The standard InChI is InChI=1S/C15H18ClN5/c1-9-13(18-8-11-4-2-3-5-12(11)16)19-15(10-6-7-10)20-14(9)21-17/h2-5,10H,6-8,17H2,1H3,(H2,18,19,20,21). The highest BCUT2D eigenvalue weighted by atomic mass is 35.5. The summed E-state index contributed by atoms with van der Waals surface area (Å²) in [4.78, 5) is 9.10. The predicted molar refractivity (Wildman–Crippen MR) is 85.3 cm³/mol. The zero-order valence-corrected chi connectivity index (χ0v) is 12.6. The summed E-state index contributed by atoms with van der Waals surface area (Å²) in [5.74, 6) is 8.36. The molecule has 0 atom stereocenters. The first-order chi connectivity index (χ1) is 10.2. The lowest BCUT2D eigenvalue weighted by atomic mass is 10.2. The zero-order valence-electron chi connectivity index (χ0n) is 11.9. The SMILES string of the molecule is Cc1c(NN)nc(C2CC2)nc1NCc1ccccc1Cl. The second-order valence-corrected chi connectivity index (χ2v) is 5.67. The first-order valence-corrected chi connectivity index (χ1v) is 7.39. The molecule has 5 nitrogen and oxygen atoms in total. The van der Waals surface area contributed by atoms with Crippen LogP contribution in [0, 0.1) is 6.92 Å². The number of hydrogen-bond acceptors (Lipinski definition) is 5. The summed E-state index contributed by atoms with van der Waals surface area (Å²) < 4.78 is 0. The van der Waals surface area contributed by atoms with E-state index in [1.54, 1.807) is 0 Å². The van der Waals surface area contributed by atoms with Crippen LogP contribution in [0.1, 0.15) is 35.7 Å². The lowest BCUT2D eigenvalue weighted by molar-refractivity contribution is 0.910. The Kier molecular flexibility index (Phi) is 3.94. The van der Waals surface area contributed by atoms with Gasteiger partial charge in [0.05, 0.1) is 0 Å². The van der Waals surface area contributed by atoms with Crippen molar-refractivity contribution in [3.8, 4) is 0 Å². The maximum absolute atomic E-state index is 6.18. The molecule has 1 aliphatic carbocycles. The van der Waals surface area contributed by atoms with Crippen LogP contribution in [0.2, 0.25) is 5.02 Å². The Morgan fingerprint density at radius 1 is 1.24 bits per heavy atom. The number of nitrogens with one attached hydrogen (secondary N) is 2. The molecular weight excluding hydrogens is 286 g/mol. The van der Waals surface area contributed by atoms with E-state index in [1.807, 2.05) is 31.2 Å².